The monoisotopic (exact) mass is 459 g/mol. The summed E-state index contributed by atoms with van der Waals surface area (Å²) in [5, 5.41) is 28.0. The minimum Gasteiger partial charge on any atom is -0.368 e. The highest BCUT2D eigenvalue weighted by Crippen LogP contribution is 2.34. The molecular weight excluding hydrogens is 437 g/mol. The summed E-state index contributed by atoms with van der Waals surface area (Å²) in [6.07, 6.45) is 7.60. The van der Waals surface area contributed by atoms with Crippen molar-refractivity contribution in [1.82, 2.24) is 29.4 Å². The van der Waals surface area contributed by atoms with Gasteiger partial charge in [0.1, 0.15) is 41.7 Å². The first-order chi connectivity index (χ1) is 16.6. The number of halogens is 1. The van der Waals surface area contributed by atoms with Crippen LogP contribution in [-0.4, -0.2) is 54.5 Å². The van der Waals surface area contributed by atoms with E-state index in [9.17, 15) is 5.26 Å². The topological polar surface area (TPSA) is 138 Å². The maximum Gasteiger partial charge on any atom is 0.177 e. The van der Waals surface area contributed by atoms with Crippen molar-refractivity contribution >= 4 is 28.7 Å². The van der Waals surface area contributed by atoms with Gasteiger partial charge in [0.05, 0.1) is 23.3 Å². The zero-order valence-electron chi connectivity index (χ0n) is 18.2. The second-order valence-electron chi connectivity index (χ2n) is 8.66. The van der Waals surface area contributed by atoms with Crippen LogP contribution in [0.25, 0.3) is 11.3 Å². The summed E-state index contributed by atoms with van der Waals surface area (Å²) in [6, 6.07) is 7.49. The van der Waals surface area contributed by atoms with Crippen LogP contribution in [0.15, 0.2) is 37.1 Å². The molecule has 0 radical (unpaired) electrons. The van der Waals surface area contributed by atoms with Gasteiger partial charge in [0.2, 0.25) is 0 Å². The van der Waals surface area contributed by atoms with Crippen LogP contribution >= 0.6 is 0 Å². The fourth-order valence-corrected chi connectivity index (χ4v) is 4.22. The Labute approximate surface area is 194 Å². The molecule has 34 heavy (non-hydrogen) atoms. The Morgan fingerprint density at radius 2 is 1.94 bits per heavy atom. The van der Waals surface area contributed by atoms with Crippen molar-refractivity contribution in [3.63, 3.8) is 0 Å². The van der Waals surface area contributed by atoms with Crippen molar-refractivity contribution in [3.8, 4) is 11.8 Å². The first kappa shape index (κ1) is 20.4. The molecule has 4 aromatic rings. The number of fused-ring (bicyclic) bond motifs is 1. The Morgan fingerprint density at radius 3 is 2.65 bits per heavy atom. The van der Waals surface area contributed by atoms with Crippen LogP contribution in [0.1, 0.15) is 24.8 Å². The average molecular weight is 459 g/mol. The average Bonchev–Trinajstić information content (AvgIpc) is 3.22. The van der Waals surface area contributed by atoms with E-state index >= 15 is 4.39 Å². The number of anilines is 4. The minimum absolute atomic E-state index is 0.0490. The lowest BCUT2D eigenvalue weighted by Crippen LogP contribution is -2.27. The van der Waals surface area contributed by atoms with Crippen molar-refractivity contribution in [2.75, 3.05) is 28.6 Å². The van der Waals surface area contributed by atoms with E-state index in [0.717, 1.165) is 37.2 Å². The standard InChI is InChI=1S/C22H22FN11/c23-16-5-18(32-4-3-14(25)10-32)19(33-11-26-27-12-33)6-17(16)30-20-7-21(29-15-1-2-15)34-22(31-20)13(8-24)9-28-34/h5-7,9,11-12,14-15,29H,1-4,10,25H2,(H,30,31)/t14-/m0/s1. The third-order valence-electron chi connectivity index (χ3n) is 6.11. The number of nitrogens with one attached hydrogen (secondary N) is 2. The Bertz CT molecular complexity index is 1400. The predicted molar refractivity (Wildman–Crippen MR) is 124 cm³/mol. The number of nitrogens with zero attached hydrogens (tertiary/aromatic N) is 8. The van der Waals surface area contributed by atoms with E-state index in [0.29, 0.717) is 35.4 Å². The summed E-state index contributed by atoms with van der Waals surface area (Å²) in [5.41, 5.74) is 8.52. The van der Waals surface area contributed by atoms with E-state index in [1.165, 1.54) is 12.3 Å². The molecule has 0 bridgehead atoms. The molecule has 4 N–H and O–H groups in total. The van der Waals surface area contributed by atoms with Gasteiger partial charge in [0.15, 0.2) is 5.65 Å². The summed E-state index contributed by atoms with van der Waals surface area (Å²) >= 11 is 0. The third kappa shape index (κ3) is 3.65. The van der Waals surface area contributed by atoms with Gasteiger partial charge in [-0.2, -0.15) is 14.9 Å². The van der Waals surface area contributed by atoms with Crippen LogP contribution in [0.2, 0.25) is 0 Å². The zero-order chi connectivity index (χ0) is 23.2. The molecule has 1 aromatic carbocycles. The SMILES string of the molecule is N#Cc1cnn2c(NC3CC3)cc(Nc3cc(-n4cnnc4)c(N4CC[C@H](N)C4)cc3F)nc12. The Kier molecular flexibility index (Phi) is 4.77. The summed E-state index contributed by atoms with van der Waals surface area (Å²) < 4.78 is 18.7. The molecule has 1 atom stereocenters. The van der Waals surface area contributed by atoms with Crippen molar-refractivity contribution in [3.05, 3.63) is 48.4 Å². The number of rotatable bonds is 6. The molecule has 0 unspecified atom stereocenters. The Morgan fingerprint density at radius 1 is 1.12 bits per heavy atom. The molecule has 1 saturated heterocycles. The van der Waals surface area contributed by atoms with E-state index in [4.69, 9.17) is 5.73 Å². The zero-order valence-corrected chi connectivity index (χ0v) is 18.2. The van der Waals surface area contributed by atoms with Crippen LogP contribution in [0, 0.1) is 17.1 Å². The number of nitrogens with two attached hydrogens (primary N) is 1. The molecule has 0 amide bonds. The van der Waals surface area contributed by atoms with Crippen LogP contribution in [-0.2, 0) is 0 Å². The molecule has 4 heterocycles. The lowest BCUT2D eigenvalue weighted by molar-refractivity contribution is 0.630. The van der Waals surface area contributed by atoms with Gasteiger partial charge in [-0.05, 0) is 25.3 Å². The number of benzene rings is 1. The van der Waals surface area contributed by atoms with Gasteiger partial charge in [0.25, 0.3) is 0 Å². The van der Waals surface area contributed by atoms with E-state index in [2.05, 4.69) is 41.9 Å². The molecular formula is C22H22FN11. The number of hydrogen-bond acceptors (Lipinski definition) is 9. The molecule has 6 rings (SSSR count). The van der Waals surface area contributed by atoms with Crippen LogP contribution in [0.5, 0.6) is 0 Å². The summed E-state index contributed by atoms with van der Waals surface area (Å²) in [4.78, 5) is 6.60. The molecule has 1 aliphatic heterocycles. The first-order valence-electron chi connectivity index (χ1n) is 11.1. The lowest BCUT2D eigenvalue weighted by Gasteiger charge is -2.23. The highest BCUT2D eigenvalue weighted by atomic mass is 19.1. The van der Waals surface area contributed by atoms with E-state index in [1.807, 2.05) is 0 Å². The van der Waals surface area contributed by atoms with Gasteiger partial charge in [-0.3, -0.25) is 4.57 Å². The molecule has 3 aromatic heterocycles. The molecule has 2 fully saturated rings. The quantitative estimate of drug-likeness (QED) is 0.396. The van der Waals surface area contributed by atoms with E-state index in [-0.39, 0.29) is 11.7 Å². The fraction of sp³-hybridized carbons (Fsp3) is 0.318. The third-order valence-corrected chi connectivity index (χ3v) is 6.11. The summed E-state index contributed by atoms with van der Waals surface area (Å²) in [5.74, 6) is 0.663. The van der Waals surface area contributed by atoms with Crippen molar-refractivity contribution in [1.29, 1.82) is 5.26 Å². The van der Waals surface area contributed by atoms with E-state index < -0.39 is 5.82 Å². The van der Waals surface area contributed by atoms with Gasteiger partial charge >= 0.3 is 0 Å². The number of hydrogen-bond donors (Lipinski definition) is 3. The van der Waals surface area contributed by atoms with Crippen LogP contribution < -0.4 is 21.3 Å². The normalized spacial score (nSPS) is 17.8. The molecule has 2 aliphatic rings. The maximum absolute atomic E-state index is 15.4. The van der Waals surface area contributed by atoms with Crippen molar-refractivity contribution in [2.24, 2.45) is 5.73 Å². The van der Waals surface area contributed by atoms with Crippen molar-refractivity contribution < 1.29 is 4.39 Å². The summed E-state index contributed by atoms with van der Waals surface area (Å²) in [7, 11) is 0. The predicted octanol–water partition coefficient (Wildman–Crippen LogP) is 2.18. The maximum atomic E-state index is 15.4. The van der Waals surface area contributed by atoms with Crippen molar-refractivity contribution in [2.45, 2.75) is 31.3 Å². The number of aromatic nitrogens is 6. The second kappa shape index (κ2) is 7.96. The molecule has 0 spiro atoms. The minimum atomic E-state index is -0.431. The molecule has 1 saturated carbocycles. The van der Waals surface area contributed by atoms with E-state index in [1.54, 1.807) is 33.9 Å². The van der Waals surface area contributed by atoms with Gasteiger partial charge in [-0.1, -0.05) is 0 Å². The lowest BCUT2D eigenvalue weighted by atomic mass is 10.2. The first-order valence-corrected chi connectivity index (χ1v) is 11.1. The second-order valence-corrected chi connectivity index (χ2v) is 8.66. The largest absolute Gasteiger partial charge is 0.368 e. The molecule has 172 valence electrons. The molecule has 11 nitrogen and oxygen atoms in total. The highest BCUT2D eigenvalue weighted by Gasteiger charge is 2.25. The Hall–Kier alpha value is -4.24. The number of nitriles is 1. The fourth-order valence-electron chi connectivity index (χ4n) is 4.22. The van der Waals surface area contributed by atoms with Crippen LogP contribution in [0.3, 0.4) is 0 Å². The smallest absolute Gasteiger partial charge is 0.177 e. The van der Waals surface area contributed by atoms with Gasteiger partial charge in [-0.25, -0.2) is 9.37 Å². The summed E-state index contributed by atoms with van der Waals surface area (Å²) in [6.45, 7) is 1.39. The molecule has 12 heteroatoms. The van der Waals surface area contributed by atoms with Crippen LogP contribution in [0.4, 0.5) is 27.4 Å². The highest BCUT2D eigenvalue weighted by molar-refractivity contribution is 5.73. The van der Waals surface area contributed by atoms with Gasteiger partial charge < -0.3 is 21.3 Å². The van der Waals surface area contributed by atoms with Gasteiger partial charge in [0, 0.05) is 37.3 Å². The Balaban J connectivity index is 1.42. The van der Waals surface area contributed by atoms with Gasteiger partial charge in [-0.15, -0.1) is 10.2 Å². The molecule has 1 aliphatic carbocycles.